The quantitative estimate of drug-likeness (QED) is 0.206. The fourth-order valence-electron chi connectivity index (χ4n) is 7.03. The van der Waals surface area contributed by atoms with Crippen molar-refractivity contribution in [3.8, 4) is 33.5 Å². The van der Waals surface area contributed by atoms with Crippen molar-refractivity contribution < 1.29 is 4.42 Å². The Balaban J connectivity index is 1.27. The zero-order chi connectivity index (χ0) is 30.2. The zero-order valence-corrected chi connectivity index (χ0v) is 24.7. The molecule has 214 valence electrons. The first-order chi connectivity index (χ1) is 22.8. The Bertz CT molecular complexity index is 2630. The molecule has 0 fully saturated rings. The lowest BCUT2D eigenvalue weighted by Gasteiger charge is -2.32. The monoisotopic (exact) mass is 587 g/mol. The van der Waals surface area contributed by atoms with Crippen molar-refractivity contribution in [3.05, 3.63) is 152 Å². The molecule has 0 amide bonds. The minimum Gasteiger partial charge on any atom is -0.452 e. The smallest absolute Gasteiger partial charge is 0.236 e. The van der Waals surface area contributed by atoms with Gasteiger partial charge in [0.2, 0.25) is 5.95 Å². The van der Waals surface area contributed by atoms with Gasteiger partial charge in [-0.25, -0.2) is 9.97 Å². The second kappa shape index (κ2) is 9.62. The summed E-state index contributed by atoms with van der Waals surface area (Å²) in [5.41, 5.74) is 10.9. The van der Waals surface area contributed by atoms with E-state index in [9.17, 15) is 0 Å². The van der Waals surface area contributed by atoms with Crippen LogP contribution in [0.1, 0.15) is 0 Å². The Morgan fingerprint density at radius 2 is 1.15 bits per heavy atom. The number of para-hydroxylation sites is 1. The van der Waals surface area contributed by atoms with Gasteiger partial charge in [0, 0.05) is 21.9 Å². The zero-order valence-electron chi connectivity index (χ0n) is 24.7. The van der Waals surface area contributed by atoms with Gasteiger partial charge in [-0.1, -0.05) is 121 Å². The second-order valence-corrected chi connectivity index (χ2v) is 11.8. The number of hydrogen-bond donors (Lipinski definition) is 0. The number of anilines is 3. The third-order valence-corrected chi connectivity index (χ3v) is 9.19. The lowest BCUT2D eigenvalue weighted by molar-refractivity contribution is 0.667. The normalized spacial score (nSPS) is 12.3. The van der Waals surface area contributed by atoms with Gasteiger partial charge in [0.25, 0.3) is 0 Å². The number of furan rings is 1. The van der Waals surface area contributed by atoms with E-state index < -0.39 is 0 Å². The van der Waals surface area contributed by atoms with Crippen molar-refractivity contribution in [1.82, 2.24) is 9.97 Å². The highest BCUT2D eigenvalue weighted by atomic mass is 16.3. The molecule has 0 spiro atoms. The van der Waals surface area contributed by atoms with Crippen LogP contribution in [0.5, 0.6) is 0 Å². The summed E-state index contributed by atoms with van der Waals surface area (Å²) < 4.78 is 6.49. The van der Waals surface area contributed by atoms with Gasteiger partial charge in [-0.3, -0.25) is 4.90 Å². The minimum absolute atomic E-state index is 0.611. The maximum atomic E-state index is 6.49. The molecule has 1 aliphatic rings. The van der Waals surface area contributed by atoms with Crippen LogP contribution in [-0.2, 0) is 0 Å². The van der Waals surface area contributed by atoms with Gasteiger partial charge in [0.15, 0.2) is 5.58 Å². The van der Waals surface area contributed by atoms with Crippen molar-refractivity contribution in [2.45, 2.75) is 0 Å². The fourth-order valence-corrected chi connectivity index (χ4v) is 7.03. The SMILES string of the molecule is c1ccc(-c2ccc(-c3nc(N4c5cc6ccccc6cc5-c5cccc6cccc4c56)nc4c3oc3ccccc34)cc2)cc1. The highest BCUT2D eigenvalue weighted by molar-refractivity contribution is 6.16. The Morgan fingerprint density at radius 3 is 2.00 bits per heavy atom. The van der Waals surface area contributed by atoms with Crippen LogP contribution < -0.4 is 4.90 Å². The van der Waals surface area contributed by atoms with E-state index >= 15 is 0 Å². The lowest BCUT2D eigenvalue weighted by Crippen LogP contribution is -2.18. The van der Waals surface area contributed by atoms with Crippen molar-refractivity contribution in [3.63, 3.8) is 0 Å². The summed E-state index contributed by atoms with van der Waals surface area (Å²) in [6.45, 7) is 0. The molecule has 0 N–H and O–H groups in total. The maximum absolute atomic E-state index is 6.49. The van der Waals surface area contributed by atoms with Crippen molar-refractivity contribution in [1.29, 1.82) is 0 Å². The van der Waals surface area contributed by atoms with E-state index in [2.05, 4.69) is 132 Å². The molecule has 7 aromatic carbocycles. The molecule has 2 aromatic heterocycles. The molecule has 0 saturated carbocycles. The van der Waals surface area contributed by atoms with E-state index in [-0.39, 0.29) is 0 Å². The summed E-state index contributed by atoms with van der Waals surface area (Å²) in [7, 11) is 0. The molecule has 9 aromatic rings. The Morgan fingerprint density at radius 1 is 0.478 bits per heavy atom. The van der Waals surface area contributed by atoms with Gasteiger partial charge in [-0.05, 0) is 63.2 Å². The first kappa shape index (κ1) is 25.1. The van der Waals surface area contributed by atoms with Crippen LogP contribution in [0.25, 0.3) is 77.1 Å². The lowest BCUT2D eigenvalue weighted by atomic mass is 9.89. The summed E-state index contributed by atoms with van der Waals surface area (Å²) in [6, 6.07) is 53.3. The van der Waals surface area contributed by atoms with Crippen LogP contribution in [-0.4, -0.2) is 9.97 Å². The number of aromatic nitrogens is 2. The van der Waals surface area contributed by atoms with Crippen molar-refractivity contribution in [2.24, 2.45) is 0 Å². The Kier molecular flexibility index (Phi) is 5.25. The van der Waals surface area contributed by atoms with Crippen LogP contribution in [0.4, 0.5) is 17.3 Å². The van der Waals surface area contributed by atoms with Crippen LogP contribution in [0.3, 0.4) is 0 Å². The molecule has 0 unspecified atom stereocenters. The van der Waals surface area contributed by atoms with Gasteiger partial charge in [0.05, 0.1) is 11.4 Å². The first-order valence-corrected chi connectivity index (χ1v) is 15.5. The average Bonchev–Trinajstić information content (AvgIpc) is 3.50. The van der Waals surface area contributed by atoms with Crippen molar-refractivity contribution in [2.75, 3.05) is 4.90 Å². The van der Waals surface area contributed by atoms with Crippen LogP contribution in [0.15, 0.2) is 156 Å². The van der Waals surface area contributed by atoms with E-state index in [1.54, 1.807) is 0 Å². The standard InChI is InChI=1S/C42H25N3O/c1-2-10-26(11-3-1)27-20-22-29(23-21-27)39-41-40(33-16-6-7-19-37(33)46-41)44-42(43-39)45-35-18-9-15-28-14-8-17-32(38(28)35)34-24-30-12-4-5-13-31(30)25-36(34)45/h1-25H. The van der Waals surface area contributed by atoms with Gasteiger partial charge in [0.1, 0.15) is 16.8 Å². The molecule has 0 bridgehead atoms. The average molecular weight is 588 g/mol. The molecule has 1 aliphatic heterocycles. The number of benzene rings is 7. The third-order valence-electron chi connectivity index (χ3n) is 9.19. The first-order valence-electron chi connectivity index (χ1n) is 15.5. The molecule has 0 atom stereocenters. The van der Waals surface area contributed by atoms with E-state index in [0.29, 0.717) is 11.5 Å². The van der Waals surface area contributed by atoms with Crippen molar-refractivity contribution >= 4 is 60.9 Å². The third kappa shape index (κ3) is 3.67. The largest absolute Gasteiger partial charge is 0.452 e. The van der Waals surface area contributed by atoms with Crippen LogP contribution in [0, 0.1) is 0 Å². The predicted octanol–water partition coefficient (Wildman–Crippen LogP) is 11.5. The summed E-state index contributed by atoms with van der Waals surface area (Å²) in [5.74, 6) is 0.611. The number of nitrogens with zero attached hydrogens (tertiary/aromatic N) is 3. The number of rotatable bonds is 3. The maximum Gasteiger partial charge on any atom is 0.236 e. The highest BCUT2D eigenvalue weighted by Crippen LogP contribution is 2.51. The van der Waals surface area contributed by atoms with Gasteiger partial charge in [-0.15, -0.1) is 0 Å². The summed E-state index contributed by atoms with van der Waals surface area (Å²) >= 11 is 0. The van der Waals surface area contributed by atoms with E-state index in [1.165, 1.54) is 32.7 Å². The van der Waals surface area contributed by atoms with Crippen LogP contribution >= 0.6 is 0 Å². The molecular formula is C42H25N3O. The van der Waals surface area contributed by atoms with E-state index in [4.69, 9.17) is 14.4 Å². The van der Waals surface area contributed by atoms with Gasteiger partial charge < -0.3 is 4.42 Å². The molecule has 4 nitrogen and oxygen atoms in total. The fraction of sp³-hybridized carbons (Fsp3) is 0. The number of fused-ring (bicyclic) bond motifs is 6. The van der Waals surface area contributed by atoms with Gasteiger partial charge >= 0.3 is 0 Å². The second-order valence-electron chi connectivity index (χ2n) is 11.8. The van der Waals surface area contributed by atoms with Gasteiger partial charge in [-0.2, -0.15) is 0 Å². The molecular weight excluding hydrogens is 562 g/mol. The molecule has 3 heterocycles. The molecule has 46 heavy (non-hydrogen) atoms. The highest BCUT2D eigenvalue weighted by Gasteiger charge is 2.29. The molecule has 0 aliphatic carbocycles. The Hall–Kier alpha value is -6.26. The number of hydrogen-bond acceptors (Lipinski definition) is 4. The van der Waals surface area contributed by atoms with Crippen LogP contribution in [0.2, 0.25) is 0 Å². The molecule has 0 radical (unpaired) electrons. The van der Waals surface area contributed by atoms with E-state index in [1.807, 2.05) is 24.3 Å². The van der Waals surface area contributed by atoms with E-state index in [0.717, 1.165) is 50.2 Å². The molecule has 0 saturated heterocycles. The predicted molar refractivity (Wildman–Crippen MR) is 189 cm³/mol. The Labute approximate surface area is 264 Å². The summed E-state index contributed by atoms with van der Waals surface area (Å²) in [4.78, 5) is 12.9. The summed E-state index contributed by atoms with van der Waals surface area (Å²) in [6.07, 6.45) is 0. The molecule has 10 rings (SSSR count). The minimum atomic E-state index is 0.611. The topological polar surface area (TPSA) is 42.2 Å². The summed E-state index contributed by atoms with van der Waals surface area (Å²) in [5, 5.41) is 5.73. The molecule has 4 heteroatoms.